The van der Waals surface area contributed by atoms with Crippen molar-refractivity contribution in [1.29, 1.82) is 0 Å². The first-order valence-corrected chi connectivity index (χ1v) is 8.72. The lowest BCUT2D eigenvalue weighted by molar-refractivity contribution is 0.368. The molecule has 2 N–H and O–H groups in total. The number of fused-ring (bicyclic) bond motifs is 8. The zero-order valence-corrected chi connectivity index (χ0v) is 16.6. The van der Waals surface area contributed by atoms with Crippen molar-refractivity contribution in [2.75, 3.05) is 0 Å². The van der Waals surface area contributed by atoms with E-state index in [9.17, 15) is 17.3 Å². The number of nitrogens with zero attached hydrogens (tertiary/aromatic N) is 2. The molecule has 0 atom stereocenters. The Bertz CT molecular complexity index is 1190. The Balaban J connectivity index is 0.000000443. The van der Waals surface area contributed by atoms with Crippen LogP contribution in [-0.2, 0) is 0 Å². The molecule has 3 aromatic rings. The smallest absolute Gasteiger partial charge is 0.418 e. The first-order chi connectivity index (χ1) is 13.8. The molecule has 5 heterocycles. The van der Waals surface area contributed by atoms with Gasteiger partial charge in [0.25, 0.3) is 0 Å². The van der Waals surface area contributed by atoms with Crippen molar-refractivity contribution < 1.29 is 18.7 Å². The predicted molar refractivity (Wildman–Crippen MR) is 116 cm³/mol. The minimum absolute atomic E-state index is 0. The summed E-state index contributed by atoms with van der Waals surface area (Å²) < 4.78 is 39.0. The van der Waals surface area contributed by atoms with Crippen molar-refractivity contribution in [3.05, 3.63) is 71.3 Å². The molecule has 0 saturated heterocycles. The van der Waals surface area contributed by atoms with Crippen molar-refractivity contribution in [2.45, 2.75) is 0 Å². The number of aromatic amines is 2. The fourth-order valence-electron chi connectivity index (χ4n) is 2.94. The predicted octanol–water partition coefficient (Wildman–Crippen LogP) is 5.69. The third-order valence-electron chi connectivity index (χ3n) is 4.04. The van der Waals surface area contributed by atoms with Gasteiger partial charge in [-0.05, 0) is 72.8 Å². The summed E-state index contributed by atoms with van der Waals surface area (Å²) in [5.74, 6) is 0. The molecule has 2 aliphatic rings. The van der Waals surface area contributed by atoms with E-state index in [2.05, 4.69) is 50.3 Å². The molecule has 0 spiro atoms. The van der Waals surface area contributed by atoms with Gasteiger partial charge in [-0.15, -0.1) is 0 Å². The molecule has 3 radical (unpaired) electrons. The molecule has 0 aromatic carbocycles. The molecule has 2 aliphatic heterocycles. The molecule has 5 rings (SSSR count). The highest BCUT2D eigenvalue weighted by Crippen LogP contribution is 2.17. The van der Waals surface area contributed by atoms with Gasteiger partial charge in [-0.1, -0.05) is 0 Å². The zero-order valence-electron chi connectivity index (χ0n) is 16.5. The minimum Gasteiger partial charge on any atom is -0.418 e. The van der Waals surface area contributed by atoms with Crippen molar-refractivity contribution >= 4 is 71.0 Å². The molecule has 8 bridgehead atoms. The summed E-state index contributed by atoms with van der Waals surface area (Å²) in [5, 5.41) is 0. The van der Waals surface area contributed by atoms with Gasteiger partial charge in [0.05, 0.1) is 22.8 Å². The van der Waals surface area contributed by atoms with E-state index in [1.807, 2.05) is 42.5 Å². The largest absolute Gasteiger partial charge is 1.00 e. The second kappa shape index (κ2) is 8.74. The van der Waals surface area contributed by atoms with E-state index in [0.29, 0.717) is 0 Å². The van der Waals surface area contributed by atoms with Crippen LogP contribution in [0.5, 0.6) is 0 Å². The highest BCUT2D eigenvalue weighted by molar-refractivity contribution is 6.50. The number of hydrogen-bond donors (Lipinski definition) is 2. The summed E-state index contributed by atoms with van der Waals surface area (Å²) in [5.41, 5.74) is 7.86. The van der Waals surface area contributed by atoms with Crippen molar-refractivity contribution in [3.63, 3.8) is 0 Å². The summed E-state index contributed by atoms with van der Waals surface area (Å²) in [6, 6.07) is 16.4. The lowest BCUT2D eigenvalue weighted by Gasteiger charge is -1.94. The molecule has 10 heteroatoms. The second-order valence-corrected chi connectivity index (χ2v) is 6.40. The van der Waals surface area contributed by atoms with Crippen molar-refractivity contribution in [2.24, 2.45) is 0 Å². The SMILES string of the molecule is C1=Cc2cc3ccc(cc4ccc(cc5nc(cc1n2)C=C5)[nH]4)[nH]3.F[B-](F)(F)F.[Al].[H+]. The normalized spacial score (nSPS) is 12.1. The first-order valence-electron chi connectivity index (χ1n) is 8.72. The lowest BCUT2D eigenvalue weighted by Crippen LogP contribution is -2.02. The maximum atomic E-state index is 9.75. The summed E-state index contributed by atoms with van der Waals surface area (Å²) in [6.07, 6.45) is 8.05. The van der Waals surface area contributed by atoms with Crippen LogP contribution in [0.15, 0.2) is 48.5 Å². The van der Waals surface area contributed by atoms with Gasteiger partial charge in [-0.2, -0.15) is 0 Å². The molecule has 30 heavy (non-hydrogen) atoms. The number of H-pyrrole nitrogens is 2. The fourth-order valence-corrected chi connectivity index (χ4v) is 2.94. The highest BCUT2D eigenvalue weighted by Gasteiger charge is 2.20. The Kier molecular flexibility index (Phi) is 6.30. The van der Waals surface area contributed by atoms with Gasteiger partial charge in [-0.3, -0.25) is 0 Å². The second-order valence-electron chi connectivity index (χ2n) is 6.40. The average molecular weight is 425 g/mol. The van der Waals surface area contributed by atoms with Crippen LogP contribution in [0.25, 0.3) is 46.4 Å². The molecular formula is C20H15AlBF4N4. The Labute approximate surface area is 181 Å². The van der Waals surface area contributed by atoms with E-state index in [0.717, 1.165) is 44.8 Å². The van der Waals surface area contributed by atoms with E-state index in [4.69, 9.17) is 0 Å². The number of nitrogens with one attached hydrogen (secondary N) is 2. The Morgan fingerprint density at radius 1 is 0.567 bits per heavy atom. The molecule has 149 valence electrons. The number of aromatic nitrogens is 4. The topological polar surface area (TPSA) is 57.4 Å². The minimum atomic E-state index is -6.00. The monoisotopic (exact) mass is 425 g/mol. The third-order valence-corrected chi connectivity index (χ3v) is 4.04. The van der Waals surface area contributed by atoms with Crippen molar-refractivity contribution in [1.82, 2.24) is 19.9 Å². The Hall–Kier alpha value is -3.08. The maximum absolute atomic E-state index is 9.75. The Morgan fingerprint density at radius 3 is 1.23 bits per heavy atom. The van der Waals surface area contributed by atoms with E-state index in [1.165, 1.54) is 0 Å². The third kappa shape index (κ3) is 5.96. The van der Waals surface area contributed by atoms with Gasteiger partial charge in [-0.25, -0.2) is 9.97 Å². The van der Waals surface area contributed by atoms with Crippen molar-refractivity contribution in [3.8, 4) is 0 Å². The lowest BCUT2D eigenvalue weighted by atomic mass is 10.3. The van der Waals surface area contributed by atoms with E-state index in [1.54, 1.807) is 0 Å². The molecule has 0 unspecified atom stereocenters. The quantitative estimate of drug-likeness (QED) is 0.248. The molecule has 0 aliphatic carbocycles. The summed E-state index contributed by atoms with van der Waals surface area (Å²) >= 11 is 0. The molecule has 4 nitrogen and oxygen atoms in total. The Morgan fingerprint density at radius 2 is 0.867 bits per heavy atom. The molecule has 0 amide bonds. The van der Waals surface area contributed by atoms with Gasteiger partial charge in [0.2, 0.25) is 0 Å². The molecule has 0 saturated carbocycles. The summed E-state index contributed by atoms with van der Waals surface area (Å²) in [7, 11) is -6.00. The molecule has 3 aromatic heterocycles. The summed E-state index contributed by atoms with van der Waals surface area (Å²) in [4.78, 5) is 16.0. The number of rotatable bonds is 0. The molecular weight excluding hydrogens is 410 g/mol. The van der Waals surface area contributed by atoms with E-state index in [-0.39, 0.29) is 18.8 Å². The van der Waals surface area contributed by atoms with Crippen LogP contribution in [0.3, 0.4) is 0 Å². The molecule has 0 fully saturated rings. The van der Waals surface area contributed by atoms with Gasteiger partial charge >= 0.3 is 8.68 Å². The van der Waals surface area contributed by atoms with Crippen LogP contribution in [0.1, 0.15) is 24.2 Å². The highest BCUT2D eigenvalue weighted by atomic mass is 27.0. The van der Waals surface area contributed by atoms with Crippen LogP contribution in [0.2, 0.25) is 0 Å². The van der Waals surface area contributed by atoms with Gasteiger partial charge < -0.3 is 27.2 Å². The zero-order chi connectivity index (χ0) is 20.4. The fraction of sp³-hybridized carbons (Fsp3) is 0. The first kappa shape index (κ1) is 21.6. The van der Waals surface area contributed by atoms with Crippen LogP contribution >= 0.6 is 0 Å². The van der Waals surface area contributed by atoms with Crippen LogP contribution in [0.4, 0.5) is 17.3 Å². The average Bonchev–Trinajstić information content (AvgIpc) is 3.38. The van der Waals surface area contributed by atoms with E-state index >= 15 is 0 Å². The van der Waals surface area contributed by atoms with Crippen LogP contribution < -0.4 is 0 Å². The number of hydrogen-bond acceptors (Lipinski definition) is 2. The van der Waals surface area contributed by atoms with Crippen LogP contribution in [0, 0.1) is 0 Å². The standard InChI is InChI=1S/C20H14N4.Al.BF4/c1-2-14-10-16-5-6-18(23-16)12-20-8-7-19(24-20)11-17-4-3-15(22-17)9-13(1)21-14;;2-1(3,4)5/h1-12,21-22H;;/q;;-1/p+1. The van der Waals surface area contributed by atoms with Gasteiger partial charge in [0.1, 0.15) is 0 Å². The summed E-state index contributed by atoms with van der Waals surface area (Å²) in [6.45, 7) is 0. The van der Waals surface area contributed by atoms with Gasteiger partial charge in [0, 0.05) is 39.4 Å². The van der Waals surface area contributed by atoms with Crippen LogP contribution in [-0.4, -0.2) is 44.6 Å². The maximum Gasteiger partial charge on any atom is 1.00 e. The number of halogens is 4. The van der Waals surface area contributed by atoms with Gasteiger partial charge in [0.15, 0.2) is 0 Å². The van der Waals surface area contributed by atoms with E-state index < -0.39 is 7.25 Å².